The van der Waals surface area contributed by atoms with Crippen molar-refractivity contribution in [3.8, 4) is 0 Å². The molecule has 0 fully saturated rings. The molecule has 0 amide bonds. The number of rotatable bonds is 0. The highest BCUT2D eigenvalue weighted by Gasteiger charge is 2.17. The molecule has 2 aliphatic carbocycles. The zero-order valence-electron chi connectivity index (χ0n) is 6.39. The average molecular weight is 150 g/mol. The van der Waals surface area contributed by atoms with E-state index in [4.69, 9.17) is 0 Å². The van der Waals surface area contributed by atoms with Crippen LogP contribution in [0, 0.1) is 0 Å². The first-order valence-electron chi connectivity index (χ1n) is 4.08. The van der Waals surface area contributed by atoms with Gasteiger partial charge in [0, 0.05) is 6.42 Å². The molecule has 11 heavy (non-hydrogen) atoms. The van der Waals surface area contributed by atoms with Crippen LogP contribution in [0.5, 0.6) is 0 Å². The lowest BCUT2D eigenvalue weighted by Gasteiger charge is -2.19. The zero-order valence-corrected chi connectivity index (χ0v) is 6.39. The van der Waals surface area contributed by atoms with E-state index in [9.17, 15) is 4.39 Å². The summed E-state index contributed by atoms with van der Waals surface area (Å²) in [5.41, 5.74) is 2.12. The Kier molecular flexibility index (Phi) is 1.65. The standard InChI is InChI=1S/C10H11F/c11-10-7-3-5-8-4-1-2-6-9(8)10/h2-3,5-6,10H,1,4,7H2. The van der Waals surface area contributed by atoms with Gasteiger partial charge in [-0.3, -0.25) is 0 Å². The SMILES string of the molecule is FC1CC=CC2=C1C=CCC2. The number of halogens is 1. The van der Waals surface area contributed by atoms with Crippen LogP contribution in [0.25, 0.3) is 0 Å². The van der Waals surface area contributed by atoms with Gasteiger partial charge in [0.15, 0.2) is 0 Å². The summed E-state index contributed by atoms with van der Waals surface area (Å²) in [5, 5.41) is 0. The van der Waals surface area contributed by atoms with E-state index < -0.39 is 6.17 Å². The van der Waals surface area contributed by atoms with Gasteiger partial charge < -0.3 is 0 Å². The maximum absolute atomic E-state index is 13.2. The summed E-state index contributed by atoms with van der Waals surface area (Å²) >= 11 is 0. The van der Waals surface area contributed by atoms with Gasteiger partial charge in [-0.05, 0) is 24.0 Å². The minimum atomic E-state index is -0.744. The molecule has 0 heterocycles. The number of hydrogen-bond acceptors (Lipinski definition) is 0. The Morgan fingerprint density at radius 2 is 2.18 bits per heavy atom. The summed E-state index contributed by atoms with van der Waals surface area (Å²) in [6.07, 6.45) is 9.89. The van der Waals surface area contributed by atoms with Crippen LogP contribution in [-0.4, -0.2) is 6.17 Å². The highest BCUT2D eigenvalue weighted by Crippen LogP contribution is 2.29. The highest BCUT2D eigenvalue weighted by atomic mass is 19.1. The van der Waals surface area contributed by atoms with Crippen LogP contribution in [0.3, 0.4) is 0 Å². The fraction of sp³-hybridized carbons (Fsp3) is 0.400. The Hall–Kier alpha value is -0.850. The van der Waals surface area contributed by atoms with Gasteiger partial charge >= 0.3 is 0 Å². The van der Waals surface area contributed by atoms with Crippen molar-refractivity contribution in [3.63, 3.8) is 0 Å². The van der Waals surface area contributed by atoms with Gasteiger partial charge in [0.1, 0.15) is 6.17 Å². The smallest absolute Gasteiger partial charge is 0.129 e. The molecule has 0 aromatic carbocycles. The second-order valence-corrected chi connectivity index (χ2v) is 3.03. The molecule has 0 aliphatic heterocycles. The lowest BCUT2D eigenvalue weighted by Crippen LogP contribution is -2.09. The van der Waals surface area contributed by atoms with E-state index >= 15 is 0 Å². The molecular weight excluding hydrogens is 139 g/mol. The van der Waals surface area contributed by atoms with Gasteiger partial charge in [0.2, 0.25) is 0 Å². The monoisotopic (exact) mass is 150 g/mol. The lowest BCUT2D eigenvalue weighted by molar-refractivity contribution is 0.384. The Labute approximate surface area is 66.1 Å². The maximum atomic E-state index is 13.2. The molecule has 1 atom stereocenters. The summed E-state index contributed by atoms with van der Waals surface area (Å²) in [6.45, 7) is 0. The van der Waals surface area contributed by atoms with E-state index in [1.807, 2.05) is 12.2 Å². The largest absolute Gasteiger partial charge is 0.242 e. The molecule has 2 rings (SSSR count). The molecule has 0 nitrogen and oxygen atoms in total. The predicted octanol–water partition coefficient (Wildman–Crippen LogP) is 2.93. The Balaban J connectivity index is 2.36. The lowest BCUT2D eigenvalue weighted by atomic mass is 9.89. The molecule has 0 N–H and O–H groups in total. The van der Waals surface area contributed by atoms with Crippen molar-refractivity contribution >= 4 is 0 Å². The van der Waals surface area contributed by atoms with E-state index in [1.165, 1.54) is 5.57 Å². The number of alkyl halides is 1. The van der Waals surface area contributed by atoms with Crippen molar-refractivity contribution in [2.45, 2.75) is 25.4 Å². The van der Waals surface area contributed by atoms with Gasteiger partial charge in [-0.15, -0.1) is 0 Å². The van der Waals surface area contributed by atoms with E-state index in [1.54, 1.807) is 0 Å². The summed E-state index contributed by atoms with van der Waals surface area (Å²) in [6, 6.07) is 0. The first kappa shape index (κ1) is 6.84. The minimum absolute atomic E-state index is 0.559. The van der Waals surface area contributed by atoms with E-state index in [2.05, 4.69) is 12.2 Å². The summed E-state index contributed by atoms with van der Waals surface area (Å²) in [4.78, 5) is 0. The average Bonchev–Trinajstić information content (AvgIpc) is 2.06. The Morgan fingerprint density at radius 3 is 3.00 bits per heavy atom. The first-order chi connectivity index (χ1) is 5.38. The zero-order chi connectivity index (χ0) is 7.68. The van der Waals surface area contributed by atoms with E-state index in [-0.39, 0.29) is 0 Å². The van der Waals surface area contributed by atoms with Gasteiger partial charge in [-0.25, -0.2) is 4.39 Å². The third-order valence-corrected chi connectivity index (χ3v) is 2.25. The molecule has 0 spiro atoms. The summed E-state index contributed by atoms with van der Waals surface area (Å²) in [5.74, 6) is 0. The molecule has 58 valence electrons. The molecule has 0 saturated carbocycles. The second kappa shape index (κ2) is 2.65. The second-order valence-electron chi connectivity index (χ2n) is 3.03. The van der Waals surface area contributed by atoms with Crippen molar-refractivity contribution in [1.29, 1.82) is 0 Å². The maximum Gasteiger partial charge on any atom is 0.129 e. The summed E-state index contributed by atoms with van der Waals surface area (Å²) < 4.78 is 13.2. The minimum Gasteiger partial charge on any atom is -0.242 e. The molecular formula is C10H11F. The topological polar surface area (TPSA) is 0 Å². The quantitative estimate of drug-likeness (QED) is 0.498. The van der Waals surface area contributed by atoms with Crippen molar-refractivity contribution < 1.29 is 4.39 Å². The molecule has 0 bridgehead atoms. The van der Waals surface area contributed by atoms with Crippen LogP contribution >= 0.6 is 0 Å². The molecule has 0 aromatic heterocycles. The van der Waals surface area contributed by atoms with Crippen molar-refractivity contribution in [3.05, 3.63) is 35.5 Å². The van der Waals surface area contributed by atoms with Crippen LogP contribution in [0.2, 0.25) is 0 Å². The van der Waals surface area contributed by atoms with E-state index in [0.717, 1.165) is 18.4 Å². The van der Waals surface area contributed by atoms with Crippen molar-refractivity contribution in [2.75, 3.05) is 0 Å². The van der Waals surface area contributed by atoms with Crippen molar-refractivity contribution in [1.82, 2.24) is 0 Å². The van der Waals surface area contributed by atoms with Gasteiger partial charge in [-0.1, -0.05) is 24.3 Å². The third kappa shape index (κ3) is 1.15. The number of hydrogen-bond donors (Lipinski definition) is 0. The molecule has 0 aromatic rings. The van der Waals surface area contributed by atoms with Gasteiger partial charge in [0.05, 0.1) is 0 Å². The van der Waals surface area contributed by atoms with Crippen LogP contribution < -0.4 is 0 Å². The third-order valence-electron chi connectivity index (χ3n) is 2.25. The van der Waals surface area contributed by atoms with Gasteiger partial charge in [-0.2, -0.15) is 0 Å². The summed E-state index contributed by atoms with van der Waals surface area (Å²) in [7, 11) is 0. The molecule has 1 heteroatoms. The highest BCUT2D eigenvalue weighted by molar-refractivity contribution is 5.41. The molecule has 1 unspecified atom stereocenters. The first-order valence-corrected chi connectivity index (χ1v) is 4.08. The molecule has 2 aliphatic rings. The van der Waals surface area contributed by atoms with Crippen molar-refractivity contribution in [2.24, 2.45) is 0 Å². The van der Waals surface area contributed by atoms with Crippen LogP contribution in [0.1, 0.15) is 19.3 Å². The van der Waals surface area contributed by atoms with Crippen LogP contribution in [-0.2, 0) is 0 Å². The number of allylic oxidation sites excluding steroid dienone is 6. The normalized spacial score (nSPS) is 29.0. The Bertz CT molecular complexity index is 246. The van der Waals surface area contributed by atoms with Crippen LogP contribution in [0.4, 0.5) is 4.39 Å². The van der Waals surface area contributed by atoms with E-state index in [0.29, 0.717) is 6.42 Å². The predicted molar refractivity (Wildman–Crippen MR) is 44.1 cm³/mol. The fourth-order valence-corrected chi connectivity index (χ4v) is 1.64. The fourth-order valence-electron chi connectivity index (χ4n) is 1.64. The van der Waals surface area contributed by atoms with Gasteiger partial charge in [0.25, 0.3) is 0 Å². The molecule has 0 saturated heterocycles. The molecule has 0 radical (unpaired) electrons. The van der Waals surface area contributed by atoms with Crippen LogP contribution in [0.15, 0.2) is 35.5 Å². The Morgan fingerprint density at radius 1 is 1.27 bits per heavy atom.